The molecule has 1 N–H and O–H groups in total. The molecule has 12 heteroatoms. The number of anilines is 1. The van der Waals surface area contributed by atoms with E-state index in [9.17, 15) is 4.79 Å². The molecule has 0 aliphatic rings. The Hall–Kier alpha value is -3.31. The SMILES string of the molecule is COc1ccccc1-n1c(SCC(=O)Nc2nc(-c3ccc(Cl)cc3Cl)cs2)nnc1-c1ccco1. The zero-order valence-corrected chi connectivity index (χ0v) is 21.8. The molecule has 0 aliphatic carbocycles. The van der Waals surface area contributed by atoms with Crippen LogP contribution in [0.4, 0.5) is 5.13 Å². The highest BCUT2D eigenvalue weighted by molar-refractivity contribution is 7.99. The van der Waals surface area contributed by atoms with Gasteiger partial charge in [0.05, 0.1) is 35.5 Å². The molecular weight excluding hydrogens is 541 g/mol. The number of carbonyl (C=O) groups is 1. The monoisotopic (exact) mass is 557 g/mol. The average molecular weight is 558 g/mol. The summed E-state index contributed by atoms with van der Waals surface area (Å²) in [5, 5.41) is 15.3. The van der Waals surface area contributed by atoms with Crippen LogP contribution < -0.4 is 10.1 Å². The van der Waals surface area contributed by atoms with E-state index in [1.54, 1.807) is 48.3 Å². The van der Waals surface area contributed by atoms with Crippen molar-refractivity contribution in [1.29, 1.82) is 0 Å². The third-order valence-corrected chi connectivity index (χ3v) is 7.23. The van der Waals surface area contributed by atoms with Crippen molar-refractivity contribution in [2.24, 2.45) is 0 Å². The average Bonchev–Trinajstić information content (AvgIpc) is 3.64. The normalized spacial score (nSPS) is 11.0. The second-order valence-electron chi connectivity index (χ2n) is 7.29. The van der Waals surface area contributed by atoms with Gasteiger partial charge in [-0.05, 0) is 42.5 Å². The molecule has 0 saturated heterocycles. The number of thiazole rings is 1. The number of benzene rings is 2. The van der Waals surface area contributed by atoms with Gasteiger partial charge in [0.2, 0.25) is 11.7 Å². The predicted octanol–water partition coefficient (Wildman–Crippen LogP) is 6.70. The van der Waals surface area contributed by atoms with Crippen molar-refractivity contribution in [3.63, 3.8) is 0 Å². The standard InChI is InChI=1S/C24H17Cl2N5O3S2/c1-33-19-6-3-2-5-18(19)31-22(20-7-4-10-34-20)29-30-24(31)36-13-21(32)28-23-27-17(12-35-23)15-9-8-14(25)11-16(15)26/h2-12H,13H2,1H3,(H,27,28,32). The van der Waals surface area contributed by atoms with Crippen molar-refractivity contribution in [3.8, 4) is 34.3 Å². The maximum Gasteiger partial charge on any atom is 0.236 e. The number of hydrogen-bond donors (Lipinski definition) is 1. The lowest BCUT2D eigenvalue weighted by atomic mass is 10.2. The van der Waals surface area contributed by atoms with Crippen LogP contribution >= 0.6 is 46.3 Å². The fourth-order valence-electron chi connectivity index (χ4n) is 3.40. The molecule has 0 fully saturated rings. The molecule has 0 aliphatic heterocycles. The zero-order valence-electron chi connectivity index (χ0n) is 18.6. The molecule has 0 atom stereocenters. The molecule has 2 aromatic carbocycles. The first-order chi connectivity index (χ1) is 17.5. The van der Waals surface area contributed by atoms with Crippen LogP contribution in [0.25, 0.3) is 28.5 Å². The van der Waals surface area contributed by atoms with Crippen LogP contribution in [0.1, 0.15) is 0 Å². The number of hydrogen-bond acceptors (Lipinski definition) is 8. The Morgan fingerprint density at radius 2 is 2.03 bits per heavy atom. The Bertz CT molecular complexity index is 1520. The number of amides is 1. The van der Waals surface area contributed by atoms with E-state index >= 15 is 0 Å². The molecule has 0 saturated carbocycles. The number of halogens is 2. The third-order valence-electron chi connectivity index (χ3n) is 4.99. The third kappa shape index (κ3) is 5.12. The molecule has 3 aromatic heterocycles. The molecule has 0 unspecified atom stereocenters. The van der Waals surface area contributed by atoms with Crippen molar-refractivity contribution < 1.29 is 13.9 Å². The Balaban J connectivity index is 1.34. The van der Waals surface area contributed by atoms with Gasteiger partial charge < -0.3 is 14.5 Å². The number of carbonyl (C=O) groups excluding carboxylic acids is 1. The van der Waals surface area contributed by atoms with Crippen LogP contribution in [-0.4, -0.2) is 38.5 Å². The van der Waals surface area contributed by atoms with E-state index in [2.05, 4.69) is 20.5 Å². The van der Waals surface area contributed by atoms with Crippen LogP contribution in [0.15, 0.2) is 75.8 Å². The van der Waals surface area contributed by atoms with Crippen molar-refractivity contribution in [1.82, 2.24) is 19.7 Å². The van der Waals surface area contributed by atoms with Crippen molar-refractivity contribution >= 4 is 57.3 Å². The van der Waals surface area contributed by atoms with Gasteiger partial charge in [-0.3, -0.25) is 9.36 Å². The van der Waals surface area contributed by atoms with Gasteiger partial charge in [0.25, 0.3) is 0 Å². The van der Waals surface area contributed by atoms with Crippen LogP contribution in [0.5, 0.6) is 5.75 Å². The largest absolute Gasteiger partial charge is 0.495 e. The van der Waals surface area contributed by atoms with Crippen molar-refractivity contribution in [3.05, 3.63) is 76.3 Å². The minimum absolute atomic E-state index is 0.0854. The highest BCUT2D eigenvalue weighted by Gasteiger charge is 2.21. The molecule has 182 valence electrons. The lowest BCUT2D eigenvalue weighted by molar-refractivity contribution is -0.113. The molecule has 0 radical (unpaired) electrons. The Kier molecular flexibility index (Phi) is 7.28. The van der Waals surface area contributed by atoms with Crippen LogP contribution in [0.3, 0.4) is 0 Å². The predicted molar refractivity (Wildman–Crippen MR) is 143 cm³/mol. The summed E-state index contributed by atoms with van der Waals surface area (Å²) in [5.74, 6) is 1.52. The molecule has 1 amide bonds. The smallest absolute Gasteiger partial charge is 0.236 e. The number of para-hydroxylation sites is 2. The fraction of sp³-hybridized carbons (Fsp3) is 0.0833. The summed E-state index contributed by atoms with van der Waals surface area (Å²) in [6.45, 7) is 0. The lowest BCUT2D eigenvalue weighted by Gasteiger charge is -2.12. The quantitative estimate of drug-likeness (QED) is 0.212. The lowest BCUT2D eigenvalue weighted by Crippen LogP contribution is -2.14. The van der Waals surface area contributed by atoms with Gasteiger partial charge in [-0.1, -0.05) is 47.1 Å². The minimum Gasteiger partial charge on any atom is -0.495 e. The fourth-order valence-corrected chi connectivity index (χ4v) is 5.37. The second kappa shape index (κ2) is 10.8. The molecule has 0 bridgehead atoms. The van der Waals surface area contributed by atoms with Gasteiger partial charge in [0.1, 0.15) is 5.75 Å². The summed E-state index contributed by atoms with van der Waals surface area (Å²) in [5.41, 5.74) is 2.12. The Morgan fingerprint density at radius 1 is 1.17 bits per heavy atom. The molecule has 5 rings (SSSR count). The molecular formula is C24H17Cl2N5O3S2. The minimum atomic E-state index is -0.239. The summed E-state index contributed by atoms with van der Waals surface area (Å²) < 4.78 is 12.9. The summed E-state index contributed by atoms with van der Waals surface area (Å²) in [7, 11) is 1.59. The van der Waals surface area contributed by atoms with E-state index in [-0.39, 0.29) is 11.7 Å². The number of ether oxygens (including phenoxy) is 1. The number of nitrogens with zero attached hydrogens (tertiary/aromatic N) is 4. The summed E-state index contributed by atoms with van der Waals surface area (Å²) in [4.78, 5) is 17.2. The number of thioether (sulfide) groups is 1. The number of aromatic nitrogens is 4. The first-order valence-corrected chi connectivity index (χ1v) is 13.1. The topological polar surface area (TPSA) is 95.1 Å². The molecule has 5 aromatic rings. The highest BCUT2D eigenvalue weighted by atomic mass is 35.5. The van der Waals surface area contributed by atoms with Crippen LogP contribution in [0, 0.1) is 0 Å². The van der Waals surface area contributed by atoms with E-state index in [4.69, 9.17) is 32.4 Å². The van der Waals surface area contributed by atoms with Gasteiger partial charge in [-0.2, -0.15) is 0 Å². The summed E-state index contributed by atoms with van der Waals surface area (Å²) >= 11 is 14.8. The molecule has 0 spiro atoms. The number of rotatable bonds is 8. The van der Waals surface area contributed by atoms with E-state index < -0.39 is 0 Å². The van der Waals surface area contributed by atoms with Crippen LogP contribution in [-0.2, 0) is 4.79 Å². The van der Waals surface area contributed by atoms with Crippen molar-refractivity contribution in [2.75, 3.05) is 18.2 Å². The highest BCUT2D eigenvalue weighted by Crippen LogP contribution is 2.34. The maximum atomic E-state index is 12.7. The molecule has 36 heavy (non-hydrogen) atoms. The van der Waals surface area contributed by atoms with Gasteiger partial charge in [0, 0.05) is 16.0 Å². The van der Waals surface area contributed by atoms with Crippen LogP contribution in [0.2, 0.25) is 10.0 Å². The van der Waals surface area contributed by atoms with E-state index in [1.807, 2.05) is 29.6 Å². The molecule has 8 nitrogen and oxygen atoms in total. The van der Waals surface area contributed by atoms with Crippen molar-refractivity contribution in [2.45, 2.75) is 5.16 Å². The Labute approximate surface area is 224 Å². The molecule has 3 heterocycles. The second-order valence-corrected chi connectivity index (χ2v) is 9.93. The van der Waals surface area contributed by atoms with E-state index in [1.165, 1.54) is 23.1 Å². The van der Waals surface area contributed by atoms with Gasteiger partial charge in [-0.25, -0.2) is 4.98 Å². The van der Waals surface area contributed by atoms with E-state index in [0.29, 0.717) is 43.4 Å². The van der Waals surface area contributed by atoms with Gasteiger partial charge in [-0.15, -0.1) is 21.5 Å². The number of nitrogens with one attached hydrogen (secondary N) is 1. The summed E-state index contributed by atoms with van der Waals surface area (Å²) in [6.07, 6.45) is 1.57. The van der Waals surface area contributed by atoms with Gasteiger partial charge in [0.15, 0.2) is 16.0 Å². The van der Waals surface area contributed by atoms with Gasteiger partial charge >= 0.3 is 0 Å². The number of methoxy groups -OCH3 is 1. The zero-order chi connectivity index (χ0) is 25.1. The first kappa shape index (κ1) is 24.4. The summed E-state index contributed by atoms with van der Waals surface area (Å²) in [6, 6.07) is 16.3. The Morgan fingerprint density at radius 3 is 2.81 bits per heavy atom. The first-order valence-electron chi connectivity index (χ1n) is 10.5. The van der Waals surface area contributed by atoms with E-state index in [0.717, 1.165) is 11.3 Å². The maximum absolute atomic E-state index is 12.7. The number of furan rings is 1.